The molecule has 1 aliphatic rings. The van der Waals surface area contributed by atoms with Crippen LogP contribution in [-0.4, -0.2) is 12.3 Å². The SMILES string of the molecule is CCOc1ccc(C2=NN(c3ccccc3F)C(c3cccs3)C2)cc1. The predicted molar refractivity (Wildman–Crippen MR) is 105 cm³/mol. The second kappa shape index (κ2) is 7.30. The van der Waals surface area contributed by atoms with Crippen LogP contribution in [0.2, 0.25) is 0 Å². The zero-order chi connectivity index (χ0) is 17.9. The molecule has 2 aromatic carbocycles. The molecule has 1 aliphatic heterocycles. The molecule has 3 nitrogen and oxygen atoms in total. The molecule has 4 rings (SSSR count). The van der Waals surface area contributed by atoms with Gasteiger partial charge in [0.25, 0.3) is 0 Å². The third-order valence-corrected chi connectivity index (χ3v) is 5.35. The third kappa shape index (κ3) is 3.22. The molecule has 1 atom stereocenters. The molecule has 132 valence electrons. The van der Waals surface area contributed by atoms with Crippen LogP contribution in [-0.2, 0) is 0 Å². The Bertz CT molecular complexity index is 906. The highest BCUT2D eigenvalue weighted by Crippen LogP contribution is 2.39. The van der Waals surface area contributed by atoms with Crippen molar-refractivity contribution >= 4 is 22.7 Å². The molecule has 0 saturated carbocycles. The molecule has 0 spiro atoms. The van der Waals surface area contributed by atoms with E-state index in [1.807, 2.05) is 53.7 Å². The van der Waals surface area contributed by atoms with E-state index in [-0.39, 0.29) is 11.9 Å². The fourth-order valence-corrected chi connectivity index (χ4v) is 3.97. The van der Waals surface area contributed by atoms with Crippen molar-refractivity contribution < 1.29 is 9.13 Å². The van der Waals surface area contributed by atoms with Crippen LogP contribution in [0.1, 0.15) is 29.8 Å². The summed E-state index contributed by atoms with van der Waals surface area (Å²) in [4.78, 5) is 1.18. The van der Waals surface area contributed by atoms with Crippen LogP contribution >= 0.6 is 11.3 Å². The average Bonchev–Trinajstić information content (AvgIpc) is 3.33. The summed E-state index contributed by atoms with van der Waals surface area (Å²) in [5, 5.41) is 8.64. The Morgan fingerprint density at radius 3 is 2.62 bits per heavy atom. The Labute approximate surface area is 156 Å². The molecule has 1 unspecified atom stereocenters. The highest BCUT2D eigenvalue weighted by Gasteiger charge is 2.31. The fraction of sp³-hybridized carbons (Fsp3) is 0.190. The monoisotopic (exact) mass is 366 g/mol. The third-order valence-electron chi connectivity index (χ3n) is 4.38. The van der Waals surface area contributed by atoms with E-state index < -0.39 is 0 Å². The molecular weight excluding hydrogens is 347 g/mol. The summed E-state index contributed by atoms with van der Waals surface area (Å²) in [5.41, 5.74) is 2.50. The summed E-state index contributed by atoms with van der Waals surface area (Å²) in [6.45, 7) is 2.61. The number of thiophene rings is 1. The summed E-state index contributed by atoms with van der Waals surface area (Å²) in [6, 6.07) is 18.8. The lowest BCUT2D eigenvalue weighted by atomic mass is 10.0. The molecule has 0 amide bonds. The first-order chi connectivity index (χ1) is 12.8. The summed E-state index contributed by atoms with van der Waals surface area (Å²) in [6.07, 6.45) is 0.739. The maximum absolute atomic E-state index is 14.4. The van der Waals surface area contributed by atoms with Crippen molar-refractivity contribution in [3.05, 3.63) is 82.3 Å². The van der Waals surface area contributed by atoms with E-state index in [9.17, 15) is 4.39 Å². The lowest BCUT2D eigenvalue weighted by Gasteiger charge is -2.22. The molecule has 0 saturated heterocycles. The molecule has 1 aromatic heterocycles. The average molecular weight is 366 g/mol. The van der Waals surface area contributed by atoms with Gasteiger partial charge in [-0.25, -0.2) is 4.39 Å². The van der Waals surface area contributed by atoms with Gasteiger partial charge in [-0.15, -0.1) is 11.3 Å². The van der Waals surface area contributed by atoms with Crippen LogP contribution in [0.3, 0.4) is 0 Å². The quantitative estimate of drug-likeness (QED) is 0.583. The lowest BCUT2D eigenvalue weighted by Crippen LogP contribution is -2.18. The second-order valence-electron chi connectivity index (χ2n) is 6.04. The number of rotatable bonds is 5. The maximum Gasteiger partial charge on any atom is 0.148 e. The van der Waals surface area contributed by atoms with Crippen molar-refractivity contribution in [2.75, 3.05) is 11.6 Å². The first kappa shape index (κ1) is 16.8. The van der Waals surface area contributed by atoms with Crippen molar-refractivity contribution in [1.82, 2.24) is 0 Å². The highest BCUT2D eigenvalue weighted by atomic mass is 32.1. The number of hydrazone groups is 1. The van der Waals surface area contributed by atoms with Crippen LogP contribution in [0.5, 0.6) is 5.75 Å². The van der Waals surface area contributed by atoms with E-state index in [2.05, 4.69) is 6.07 Å². The van der Waals surface area contributed by atoms with Gasteiger partial charge in [-0.3, -0.25) is 5.01 Å². The summed E-state index contributed by atoms with van der Waals surface area (Å²) >= 11 is 1.67. The first-order valence-electron chi connectivity index (χ1n) is 8.64. The second-order valence-corrected chi connectivity index (χ2v) is 7.01. The lowest BCUT2D eigenvalue weighted by molar-refractivity contribution is 0.340. The van der Waals surface area contributed by atoms with E-state index in [4.69, 9.17) is 9.84 Å². The topological polar surface area (TPSA) is 24.8 Å². The normalized spacial score (nSPS) is 16.6. The number of benzene rings is 2. The van der Waals surface area contributed by atoms with Crippen molar-refractivity contribution in [3.63, 3.8) is 0 Å². The van der Waals surface area contributed by atoms with E-state index in [0.717, 1.165) is 23.4 Å². The van der Waals surface area contributed by atoms with E-state index in [0.29, 0.717) is 12.3 Å². The molecule has 26 heavy (non-hydrogen) atoms. The maximum atomic E-state index is 14.4. The van der Waals surface area contributed by atoms with Crippen molar-refractivity contribution in [3.8, 4) is 5.75 Å². The van der Waals surface area contributed by atoms with Gasteiger partial charge >= 0.3 is 0 Å². The summed E-state index contributed by atoms with van der Waals surface area (Å²) in [5.74, 6) is 0.585. The van der Waals surface area contributed by atoms with Gasteiger partial charge in [0.2, 0.25) is 0 Å². The number of hydrogen-bond acceptors (Lipinski definition) is 4. The fourth-order valence-electron chi connectivity index (χ4n) is 3.16. The van der Waals surface area contributed by atoms with Gasteiger partial charge in [0.15, 0.2) is 0 Å². The minimum Gasteiger partial charge on any atom is -0.494 e. The minimum absolute atomic E-state index is 0.00784. The largest absolute Gasteiger partial charge is 0.494 e. The molecule has 0 N–H and O–H groups in total. The molecule has 3 aromatic rings. The Hall–Kier alpha value is -2.66. The molecule has 2 heterocycles. The number of hydrogen-bond donors (Lipinski definition) is 0. The van der Waals surface area contributed by atoms with Gasteiger partial charge in [-0.2, -0.15) is 5.10 Å². The number of para-hydroxylation sites is 1. The molecule has 0 fully saturated rings. The molecule has 0 radical (unpaired) electrons. The van der Waals surface area contributed by atoms with Crippen LogP contribution < -0.4 is 9.75 Å². The number of ether oxygens (including phenoxy) is 1. The van der Waals surface area contributed by atoms with Crippen molar-refractivity contribution in [1.29, 1.82) is 0 Å². The van der Waals surface area contributed by atoms with Crippen molar-refractivity contribution in [2.24, 2.45) is 5.10 Å². The van der Waals surface area contributed by atoms with Gasteiger partial charge in [-0.05, 0) is 60.3 Å². The van der Waals surface area contributed by atoms with Gasteiger partial charge in [-0.1, -0.05) is 18.2 Å². The predicted octanol–water partition coefficient (Wildman–Crippen LogP) is 5.64. The van der Waals surface area contributed by atoms with E-state index in [1.165, 1.54) is 10.9 Å². The number of halogens is 1. The van der Waals surface area contributed by atoms with Crippen LogP contribution in [0.15, 0.2) is 71.1 Å². The first-order valence-corrected chi connectivity index (χ1v) is 9.52. The zero-order valence-electron chi connectivity index (χ0n) is 14.4. The molecular formula is C21H19FN2OS. The van der Waals surface area contributed by atoms with Gasteiger partial charge < -0.3 is 4.74 Å². The number of anilines is 1. The Morgan fingerprint density at radius 2 is 1.92 bits per heavy atom. The summed E-state index contributed by atoms with van der Waals surface area (Å²) < 4.78 is 19.9. The smallest absolute Gasteiger partial charge is 0.148 e. The van der Waals surface area contributed by atoms with Crippen LogP contribution in [0.25, 0.3) is 0 Å². The molecule has 5 heteroatoms. The van der Waals surface area contributed by atoms with Gasteiger partial charge in [0.05, 0.1) is 24.0 Å². The highest BCUT2D eigenvalue weighted by molar-refractivity contribution is 7.10. The Balaban J connectivity index is 1.70. The van der Waals surface area contributed by atoms with E-state index >= 15 is 0 Å². The van der Waals surface area contributed by atoms with Crippen molar-refractivity contribution in [2.45, 2.75) is 19.4 Å². The standard InChI is InChI=1S/C21H19FN2OS/c1-2-25-16-11-9-15(10-12-16)18-14-20(21-8-5-13-26-21)24(23-18)19-7-4-3-6-17(19)22/h3-13,20H,2,14H2,1H3. The Morgan fingerprint density at radius 1 is 1.12 bits per heavy atom. The summed E-state index contributed by atoms with van der Waals surface area (Å²) in [7, 11) is 0. The number of nitrogens with zero attached hydrogens (tertiary/aromatic N) is 2. The molecule has 0 bridgehead atoms. The molecule has 0 aliphatic carbocycles. The van der Waals surface area contributed by atoms with E-state index in [1.54, 1.807) is 23.5 Å². The van der Waals surface area contributed by atoms with Gasteiger partial charge in [0, 0.05) is 11.3 Å². The van der Waals surface area contributed by atoms with Crippen LogP contribution in [0, 0.1) is 5.82 Å². The minimum atomic E-state index is -0.259. The Kier molecular flexibility index (Phi) is 4.71. The van der Waals surface area contributed by atoms with Crippen LogP contribution in [0.4, 0.5) is 10.1 Å². The van der Waals surface area contributed by atoms with Gasteiger partial charge in [0.1, 0.15) is 11.6 Å². The zero-order valence-corrected chi connectivity index (χ0v) is 15.2.